The van der Waals surface area contributed by atoms with E-state index in [1.807, 2.05) is 78.9 Å². The Hall–Kier alpha value is -3.86. The van der Waals surface area contributed by atoms with Gasteiger partial charge in [-0.1, -0.05) is 54.6 Å². The molecule has 3 aromatic rings. The molecule has 2 amide bonds. The third kappa shape index (κ3) is 3.62. The molecule has 0 aliphatic carbocycles. The molecule has 1 aliphatic heterocycles. The monoisotopic (exact) mass is 383 g/mol. The van der Waals surface area contributed by atoms with Gasteiger partial charge in [-0.25, -0.2) is 0 Å². The fourth-order valence-corrected chi connectivity index (χ4v) is 3.37. The topological polar surface area (TPSA) is 61.4 Å². The zero-order chi connectivity index (χ0) is 20.4. The number of nitrogens with one attached hydrogen (secondary N) is 2. The van der Waals surface area contributed by atoms with E-state index in [0.717, 1.165) is 33.9 Å². The van der Waals surface area contributed by atoms with Gasteiger partial charge in [-0.2, -0.15) is 0 Å². The lowest BCUT2D eigenvalue weighted by Gasteiger charge is -2.18. The van der Waals surface area contributed by atoms with E-state index in [1.54, 1.807) is 11.9 Å². The molecule has 5 heteroatoms. The fourth-order valence-electron chi connectivity index (χ4n) is 3.37. The number of hydrogen-bond donors (Lipinski definition) is 2. The molecule has 1 heterocycles. The molecule has 0 saturated heterocycles. The first-order valence-electron chi connectivity index (χ1n) is 9.36. The summed E-state index contributed by atoms with van der Waals surface area (Å²) in [5, 5.41) is 6.36. The van der Waals surface area contributed by atoms with Crippen molar-refractivity contribution in [2.45, 2.75) is 6.92 Å². The van der Waals surface area contributed by atoms with Crippen molar-refractivity contribution in [2.75, 3.05) is 22.6 Å². The minimum atomic E-state index is -0.144. The second kappa shape index (κ2) is 7.64. The minimum Gasteiger partial charge on any atom is -0.354 e. The summed E-state index contributed by atoms with van der Waals surface area (Å²) in [5.41, 5.74) is 5.44. The number of anilines is 3. The van der Waals surface area contributed by atoms with Crippen LogP contribution in [0, 0.1) is 0 Å². The van der Waals surface area contributed by atoms with Crippen LogP contribution in [0.4, 0.5) is 17.1 Å². The molecule has 0 radical (unpaired) electrons. The van der Waals surface area contributed by atoms with Gasteiger partial charge in [-0.3, -0.25) is 9.59 Å². The first kappa shape index (κ1) is 18.5. The highest BCUT2D eigenvalue weighted by Crippen LogP contribution is 2.37. The van der Waals surface area contributed by atoms with Crippen LogP contribution in [0.15, 0.2) is 78.9 Å². The van der Waals surface area contributed by atoms with E-state index in [9.17, 15) is 9.59 Å². The van der Waals surface area contributed by atoms with E-state index in [4.69, 9.17) is 0 Å². The standard InChI is InChI=1S/C24H21N3O2/c1-16(28)27(2)19-12-8-11-18(15-19)25-23(17-9-4-3-5-10-17)22-20-13-6-7-14-21(20)26-24(22)29/h3-15,25H,1-2H3,(H,26,29). The lowest BCUT2D eigenvalue weighted by atomic mass is 10.00. The number of nitrogens with zero attached hydrogens (tertiary/aromatic N) is 1. The SMILES string of the molecule is CC(=O)N(C)c1cccc(NC(=C2C(=O)Nc3ccccc32)c2ccccc2)c1. The van der Waals surface area contributed by atoms with Gasteiger partial charge in [0.1, 0.15) is 0 Å². The Balaban J connectivity index is 1.84. The van der Waals surface area contributed by atoms with Crippen LogP contribution in [0.25, 0.3) is 11.3 Å². The fraction of sp³-hybridized carbons (Fsp3) is 0.0833. The van der Waals surface area contributed by atoms with Gasteiger partial charge in [-0.15, -0.1) is 0 Å². The predicted octanol–water partition coefficient (Wildman–Crippen LogP) is 4.60. The van der Waals surface area contributed by atoms with E-state index in [1.165, 1.54) is 6.92 Å². The maximum Gasteiger partial charge on any atom is 0.258 e. The number of rotatable bonds is 4. The summed E-state index contributed by atoms with van der Waals surface area (Å²) in [7, 11) is 1.73. The Morgan fingerprint density at radius 2 is 1.66 bits per heavy atom. The Morgan fingerprint density at radius 1 is 0.931 bits per heavy atom. The van der Waals surface area contributed by atoms with Crippen LogP contribution in [0.2, 0.25) is 0 Å². The van der Waals surface area contributed by atoms with Crippen molar-refractivity contribution < 1.29 is 9.59 Å². The molecule has 2 N–H and O–H groups in total. The molecule has 0 bridgehead atoms. The van der Waals surface area contributed by atoms with Gasteiger partial charge in [-0.05, 0) is 29.8 Å². The van der Waals surface area contributed by atoms with Crippen molar-refractivity contribution in [3.63, 3.8) is 0 Å². The van der Waals surface area contributed by atoms with Crippen LogP contribution in [-0.2, 0) is 9.59 Å². The lowest BCUT2D eigenvalue weighted by Crippen LogP contribution is -2.22. The number of benzene rings is 3. The van der Waals surface area contributed by atoms with E-state index in [2.05, 4.69) is 10.6 Å². The van der Waals surface area contributed by atoms with Crippen molar-refractivity contribution in [2.24, 2.45) is 0 Å². The van der Waals surface area contributed by atoms with E-state index in [0.29, 0.717) is 5.57 Å². The third-order valence-electron chi connectivity index (χ3n) is 4.96. The van der Waals surface area contributed by atoms with Gasteiger partial charge < -0.3 is 15.5 Å². The van der Waals surface area contributed by atoms with Crippen LogP contribution < -0.4 is 15.5 Å². The second-order valence-electron chi connectivity index (χ2n) is 6.87. The predicted molar refractivity (Wildman–Crippen MR) is 117 cm³/mol. The summed E-state index contributed by atoms with van der Waals surface area (Å²) >= 11 is 0. The van der Waals surface area contributed by atoms with Crippen molar-refractivity contribution in [1.82, 2.24) is 0 Å². The molecule has 0 spiro atoms. The molecule has 3 aromatic carbocycles. The first-order valence-corrected chi connectivity index (χ1v) is 9.36. The summed E-state index contributed by atoms with van der Waals surface area (Å²) in [6.45, 7) is 1.53. The van der Waals surface area contributed by atoms with Crippen molar-refractivity contribution in [3.05, 3.63) is 90.0 Å². The van der Waals surface area contributed by atoms with Crippen LogP contribution >= 0.6 is 0 Å². The zero-order valence-corrected chi connectivity index (χ0v) is 16.3. The maximum absolute atomic E-state index is 12.8. The van der Waals surface area contributed by atoms with Gasteiger partial charge in [0.2, 0.25) is 5.91 Å². The quantitative estimate of drug-likeness (QED) is 0.647. The highest BCUT2D eigenvalue weighted by Gasteiger charge is 2.28. The molecule has 5 nitrogen and oxygen atoms in total. The van der Waals surface area contributed by atoms with Crippen LogP contribution in [-0.4, -0.2) is 18.9 Å². The minimum absolute atomic E-state index is 0.0483. The molecular weight excluding hydrogens is 362 g/mol. The lowest BCUT2D eigenvalue weighted by molar-refractivity contribution is -0.116. The zero-order valence-electron chi connectivity index (χ0n) is 16.3. The number of para-hydroxylation sites is 1. The molecule has 1 aliphatic rings. The van der Waals surface area contributed by atoms with Crippen LogP contribution in [0.1, 0.15) is 18.1 Å². The number of carbonyl (C=O) groups excluding carboxylic acids is 2. The van der Waals surface area contributed by atoms with Gasteiger partial charge >= 0.3 is 0 Å². The molecule has 0 saturated carbocycles. The average molecular weight is 383 g/mol. The number of carbonyl (C=O) groups is 2. The van der Waals surface area contributed by atoms with Gasteiger partial charge in [0, 0.05) is 36.6 Å². The Kier molecular flexibility index (Phi) is 4.87. The summed E-state index contributed by atoms with van der Waals surface area (Å²) in [4.78, 5) is 26.2. The van der Waals surface area contributed by atoms with Gasteiger partial charge in [0.15, 0.2) is 0 Å². The van der Waals surface area contributed by atoms with E-state index in [-0.39, 0.29) is 11.8 Å². The largest absolute Gasteiger partial charge is 0.354 e. The van der Waals surface area contributed by atoms with Crippen molar-refractivity contribution >= 4 is 40.1 Å². The average Bonchev–Trinajstić information content (AvgIpc) is 3.08. The summed E-state index contributed by atoms with van der Waals surface area (Å²) < 4.78 is 0. The molecule has 4 rings (SSSR count). The van der Waals surface area contributed by atoms with Gasteiger partial charge in [0.25, 0.3) is 5.91 Å². The Bertz CT molecular complexity index is 1120. The van der Waals surface area contributed by atoms with Crippen LogP contribution in [0.5, 0.6) is 0 Å². The van der Waals surface area contributed by atoms with E-state index >= 15 is 0 Å². The van der Waals surface area contributed by atoms with E-state index < -0.39 is 0 Å². The molecule has 0 unspecified atom stereocenters. The Labute approximate surface area is 169 Å². The number of amides is 2. The summed E-state index contributed by atoms with van der Waals surface area (Å²) in [6, 6.07) is 25.0. The molecule has 0 atom stereocenters. The maximum atomic E-state index is 12.8. The normalized spacial score (nSPS) is 14.1. The number of hydrogen-bond acceptors (Lipinski definition) is 3. The highest BCUT2D eigenvalue weighted by atomic mass is 16.2. The molecule has 144 valence electrons. The molecule has 0 fully saturated rings. The number of fused-ring (bicyclic) bond motifs is 1. The van der Waals surface area contributed by atoms with Crippen LogP contribution in [0.3, 0.4) is 0 Å². The smallest absolute Gasteiger partial charge is 0.258 e. The first-order chi connectivity index (χ1) is 14.0. The molecular formula is C24H21N3O2. The van der Waals surface area contributed by atoms with Gasteiger partial charge in [0.05, 0.1) is 11.3 Å². The summed E-state index contributed by atoms with van der Waals surface area (Å²) in [5.74, 6) is -0.192. The molecule has 29 heavy (non-hydrogen) atoms. The summed E-state index contributed by atoms with van der Waals surface area (Å²) in [6.07, 6.45) is 0. The molecule has 0 aromatic heterocycles. The third-order valence-corrected chi connectivity index (χ3v) is 4.96. The van der Waals surface area contributed by atoms with Crippen molar-refractivity contribution in [1.29, 1.82) is 0 Å². The highest BCUT2D eigenvalue weighted by molar-refractivity contribution is 6.37. The van der Waals surface area contributed by atoms with Crippen molar-refractivity contribution in [3.8, 4) is 0 Å². The second-order valence-corrected chi connectivity index (χ2v) is 6.87. The Morgan fingerprint density at radius 3 is 2.41 bits per heavy atom.